The zero-order valence-electron chi connectivity index (χ0n) is 14.0. The summed E-state index contributed by atoms with van der Waals surface area (Å²) in [7, 11) is 1.61. The van der Waals surface area contributed by atoms with Crippen molar-refractivity contribution in [1.29, 1.82) is 0 Å². The van der Waals surface area contributed by atoms with E-state index in [2.05, 4.69) is 15.8 Å². The quantitative estimate of drug-likeness (QED) is 0.498. The number of thiocarbonyl (C=S) groups is 1. The van der Waals surface area contributed by atoms with Gasteiger partial charge in [-0.1, -0.05) is 12.1 Å². The first-order chi connectivity index (χ1) is 12.2. The zero-order valence-corrected chi connectivity index (χ0v) is 14.9. The van der Waals surface area contributed by atoms with Gasteiger partial charge < -0.3 is 19.5 Å². The average molecular weight is 357 g/mol. The summed E-state index contributed by atoms with van der Waals surface area (Å²) in [5.41, 5.74) is 5.32. The second-order valence-corrected chi connectivity index (χ2v) is 5.73. The maximum absolute atomic E-state index is 5.59. The van der Waals surface area contributed by atoms with E-state index in [1.165, 1.54) is 0 Å². The molecule has 3 rings (SSSR count). The van der Waals surface area contributed by atoms with E-state index in [-0.39, 0.29) is 0 Å². The van der Waals surface area contributed by atoms with Crippen molar-refractivity contribution in [2.24, 2.45) is 5.10 Å². The van der Waals surface area contributed by atoms with Crippen LogP contribution >= 0.6 is 12.2 Å². The highest BCUT2D eigenvalue weighted by Crippen LogP contribution is 2.30. The number of hydrogen-bond donors (Lipinski definition) is 2. The number of nitrogens with zero attached hydrogens (tertiary/aromatic N) is 1. The monoisotopic (exact) mass is 357 g/mol. The van der Waals surface area contributed by atoms with E-state index in [0.717, 1.165) is 28.5 Å². The second-order valence-electron chi connectivity index (χ2n) is 5.32. The Morgan fingerprint density at radius 3 is 2.68 bits per heavy atom. The van der Waals surface area contributed by atoms with Gasteiger partial charge in [0.2, 0.25) is 0 Å². The highest BCUT2D eigenvalue weighted by Gasteiger charge is 2.12. The lowest BCUT2D eigenvalue weighted by Crippen LogP contribution is -2.25. The number of benzene rings is 2. The van der Waals surface area contributed by atoms with E-state index in [0.29, 0.717) is 24.1 Å². The Kier molecular flexibility index (Phi) is 5.35. The first-order valence-corrected chi connectivity index (χ1v) is 8.22. The number of nitrogens with one attached hydrogen (secondary N) is 2. The lowest BCUT2D eigenvalue weighted by molar-refractivity contribution is 0.171. The van der Waals surface area contributed by atoms with Gasteiger partial charge in [-0.25, -0.2) is 0 Å². The predicted molar refractivity (Wildman–Crippen MR) is 102 cm³/mol. The van der Waals surface area contributed by atoms with Gasteiger partial charge in [0, 0.05) is 5.56 Å². The summed E-state index contributed by atoms with van der Waals surface area (Å²) in [4.78, 5) is 0. The highest BCUT2D eigenvalue weighted by atomic mass is 32.1. The van der Waals surface area contributed by atoms with Gasteiger partial charge in [0.1, 0.15) is 19.0 Å². The minimum absolute atomic E-state index is 0.376. The van der Waals surface area contributed by atoms with Crippen molar-refractivity contribution in [3.05, 3.63) is 48.0 Å². The van der Waals surface area contributed by atoms with Gasteiger partial charge >= 0.3 is 0 Å². The normalized spacial score (nSPS) is 13.1. The van der Waals surface area contributed by atoms with E-state index in [1.54, 1.807) is 7.11 Å². The van der Waals surface area contributed by atoms with E-state index in [1.807, 2.05) is 49.4 Å². The molecule has 1 heterocycles. The van der Waals surface area contributed by atoms with Crippen LogP contribution in [0, 0.1) is 0 Å². The molecule has 2 aromatic carbocycles. The van der Waals surface area contributed by atoms with Crippen LogP contribution in [0.15, 0.2) is 47.6 Å². The van der Waals surface area contributed by atoms with E-state index in [4.69, 9.17) is 26.4 Å². The number of hydrazone groups is 1. The third kappa shape index (κ3) is 4.19. The molecule has 0 atom stereocenters. The fourth-order valence-corrected chi connectivity index (χ4v) is 2.52. The number of fused-ring (bicyclic) bond motifs is 1. The smallest absolute Gasteiger partial charge is 0.191 e. The SMILES string of the molecule is COc1ccccc1NC(=S)NN=C(C)c1ccc2c(c1)OCCO2. The molecule has 2 N–H and O–H groups in total. The van der Waals surface area contributed by atoms with Crippen LogP contribution < -0.4 is 25.0 Å². The lowest BCUT2D eigenvalue weighted by atomic mass is 10.1. The van der Waals surface area contributed by atoms with Crippen LogP contribution in [-0.2, 0) is 0 Å². The highest BCUT2D eigenvalue weighted by molar-refractivity contribution is 7.80. The van der Waals surface area contributed by atoms with Crippen LogP contribution in [0.5, 0.6) is 17.2 Å². The van der Waals surface area contributed by atoms with Crippen LogP contribution in [0.1, 0.15) is 12.5 Å². The van der Waals surface area contributed by atoms with Gasteiger partial charge in [0.15, 0.2) is 16.6 Å². The van der Waals surface area contributed by atoms with Gasteiger partial charge in [-0.3, -0.25) is 5.43 Å². The van der Waals surface area contributed by atoms with Crippen molar-refractivity contribution in [2.75, 3.05) is 25.6 Å². The third-order valence-corrected chi connectivity index (χ3v) is 3.83. The Hall–Kier alpha value is -2.80. The van der Waals surface area contributed by atoms with Crippen molar-refractivity contribution in [3.8, 4) is 17.2 Å². The molecule has 0 amide bonds. The maximum atomic E-state index is 5.59. The number of ether oxygens (including phenoxy) is 3. The van der Waals surface area contributed by atoms with Gasteiger partial charge in [0.05, 0.1) is 18.5 Å². The van der Waals surface area contributed by atoms with Gasteiger partial charge in [-0.2, -0.15) is 5.10 Å². The molecule has 0 spiro atoms. The molecule has 1 aliphatic rings. The molecule has 0 bridgehead atoms. The van der Waals surface area contributed by atoms with Crippen LogP contribution in [0.2, 0.25) is 0 Å². The summed E-state index contributed by atoms with van der Waals surface area (Å²) >= 11 is 5.28. The Labute approximate surface area is 151 Å². The second kappa shape index (κ2) is 7.85. The fourth-order valence-electron chi connectivity index (χ4n) is 2.37. The molecule has 0 saturated carbocycles. The van der Waals surface area contributed by atoms with Crippen LogP contribution in [0.3, 0.4) is 0 Å². The third-order valence-electron chi connectivity index (χ3n) is 3.64. The molecule has 130 valence electrons. The molecular weight excluding hydrogens is 338 g/mol. The Morgan fingerprint density at radius 2 is 1.88 bits per heavy atom. The largest absolute Gasteiger partial charge is 0.495 e. The summed E-state index contributed by atoms with van der Waals surface area (Å²) in [6.45, 7) is 3.02. The average Bonchev–Trinajstić information content (AvgIpc) is 2.66. The van der Waals surface area contributed by atoms with Crippen molar-refractivity contribution < 1.29 is 14.2 Å². The molecule has 0 unspecified atom stereocenters. The topological polar surface area (TPSA) is 64.1 Å². The van der Waals surface area contributed by atoms with Crippen molar-refractivity contribution in [1.82, 2.24) is 5.43 Å². The van der Waals surface area contributed by atoms with Gasteiger partial charge in [-0.15, -0.1) is 0 Å². The lowest BCUT2D eigenvalue weighted by Gasteiger charge is -2.18. The maximum Gasteiger partial charge on any atom is 0.191 e. The van der Waals surface area contributed by atoms with Crippen molar-refractivity contribution in [3.63, 3.8) is 0 Å². The summed E-state index contributed by atoms with van der Waals surface area (Å²) in [5.74, 6) is 2.19. The summed E-state index contributed by atoms with van der Waals surface area (Å²) < 4.78 is 16.4. The predicted octanol–water partition coefficient (Wildman–Crippen LogP) is 3.18. The molecule has 0 aromatic heterocycles. The Bertz CT molecular complexity index is 808. The number of rotatable bonds is 4. The number of hydrogen-bond acceptors (Lipinski definition) is 5. The molecule has 0 aliphatic carbocycles. The van der Waals surface area contributed by atoms with Crippen molar-refractivity contribution >= 4 is 28.7 Å². The van der Waals surface area contributed by atoms with E-state index >= 15 is 0 Å². The zero-order chi connectivity index (χ0) is 17.6. The van der Waals surface area contributed by atoms with Crippen LogP contribution in [-0.4, -0.2) is 31.1 Å². The van der Waals surface area contributed by atoms with Crippen LogP contribution in [0.4, 0.5) is 5.69 Å². The standard InChI is InChI=1S/C18H19N3O3S/c1-12(13-7-8-16-17(11-13)24-10-9-23-16)20-21-18(25)19-14-5-3-4-6-15(14)22-2/h3-8,11H,9-10H2,1-2H3,(H2,19,21,25). The Morgan fingerprint density at radius 1 is 1.12 bits per heavy atom. The van der Waals surface area contributed by atoms with Crippen LogP contribution in [0.25, 0.3) is 0 Å². The van der Waals surface area contributed by atoms with Gasteiger partial charge in [-0.05, 0) is 49.5 Å². The first-order valence-electron chi connectivity index (χ1n) is 7.81. The summed E-state index contributed by atoms with van der Waals surface area (Å²) in [6.07, 6.45) is 0. The van der Waals surface area contributed by atoms with E-state index in [9.17, 15) is 0 Å². The molecule has 7 heteroatoms. The molecular formula is C18H19N3O3S. The molecule has 0 fully saturated rings. The van der Waals surface area contributed by atoms with Crippen molar-refractivity contribution in [2.45, 2.75) is 6.92 Å². The summed E-state index contributed by atoms with van der Waals surface area (Å²) in [5, 5.41) is 7.76. The Balaban J connectivity index is 1.65. The van der Waals surface area contributed by atoms with Gasteiger partial charge in [0.25, 0.3) is 0 Å². The number of para-hydroxylation sites is 2. The minimum atomic E-state index is 0.376. The molecule has 0 radical (unpaired) electrons. The molecule has 1 aliphatic heterocycles. The van der Waals surface area contributed by atoms with E-state index < -0.39 is 0 Å². The number of anilines is 1. The molecule has 25 heavy (non-hydrogen) atoms. The molecule has 0 saturated heterocycles. The molecule has 2 aromatic rings. The summed E-state index contributed by atoms with van der Waals surface area (Å²) in [6, 6.07) is 13.3. The number of methoxy groups -OCH3 is 1. The molecule has 6 nitrogen and oxygen atoms in total. The fraction of sp³-hybridized carbons (Fsp3) is 0.222. The minimum Gasteiger partial charge on any atom is -0.495 e. The first kappa shape index (κ1) is 17.0.